The highest BCUT2D eigenvalue weighted by atomic mass is 32.2. The lowest BCUT2D eigenvalue weighted by Crippen LogP contribution is -2.15. The van der Waals surface area contributed by atoms with E-state index < -0.39 is 17.9 Å². The summed E-state index contributed by atoms with van der Waals surface area (Å²) in [7, 11) is 2.40. The van der Waals surface area contributed by atoms with Crippen molar-refractivity contribution in [1.82, 2.24) is 4.98 Å². The van der Waals surface area contributed by atoms with Crippen LogP contribution in [0.25, 0.3) is 10.2 Å². The Morgan fingerprint density at radius 3 is 2.72 bits per heavy atom. The Balaban J connectivity index is 2.24. The third-order valence-corrected chi connectivity index (χ3v) is 4.98. The third-order valence-electron chi connectivity index (χ3n) is 2.84. The van der Waals surface area contributed by atoms with Gasteiger partial charge in [0.2, 0.25) is 0 Å². The number of ether oxygens (including phenoxy) is 2. The lowest BCUT2D eigenvalue weighted by molar-refractivity contribution is -0.138. The number of fused-ring (bicyclic) bond motifs is 1. The molecule has 2 N–H and O–H groups in total. The Bertz CT molecular complexity index is 846. The van der Waals surface area contributed by atoms with Crippen molar-refractivity contribution in [3.8, 4) is 0 Å². The summed E-state index contributed by atoms with van der Waals surface area (Å²) in [6, 6.07) is 5.15. The molecule has 0 aliphatic heterocycles. The molecule has 1 heterocycles. The number of methoxy groups -OCH3 is 2. The molecule has 0 amide bonds. The van der Waals surface area contributed by atoms with E-state index in [0.717, 1.165) is 22.5 Å². The molecule has 0 spiro atoms. The molecule has 0 bridgehead atoms. The first-order chi connectivity index (χ1) is 11.9. The first-order valence-electron chi connectivity index (χ1n) is 6.83. The Labute approximate surface area is 150 Å². The van der Waals surface area contributed by atoms with Crippen molar-refractivity contribution in [2.24, 2.45) is 0 Å². The summed E-state index contributed by atoms with van der Waals surface area (Å²) in [6.45, 7) is 0. The van der Waals surface area contributed by atoms with E-state index >= 15 is 0 Å². The van der Waals surface area contributed by atoms with Crippen molar-refractivity contribution < 1.29 is 29.0 Å². The molecule has 132 valence electrons. The van der Waals surface area contributed by atoms with Crippen molar-refractivity contribution in [2.45, 2.75) is 4.34 Å². The van der Waals surface area contributed by atoms with E-state index in [2.05, 4.69) is 19.8 Å². The predicted octanol–water partition coefficient (Wildman–Crippen LogP) is 2.11. The van der Waals surface area contributed by atoms with E-state index in [-0.39, 0.29) is 11.4 Å². The van der Waals surface area contributed by atoms with Gasteiger partial charge >= 0.3 is 17.9 Å². The summed E-state index contributed by atoms with van der Waals surface area (Å²) in [5.74, 6) is -2.40. The van der Waals surface area contributed by atoms with Crippen LogP contribution in [0.3, 0.4) is 0 Å². The van der Waals surface area contributed by atoms with Crippen LogP contribution in [0.4, 0.5) is 5.69 Å². The molecule has 0 saturated carbocycles. The molecule has 2 rings (SSSR count). The number of thiazole rings is 1. The van der Waals surface area contributed by atoms with Crippen molar-refractivity contribution in [3.63, 3.8) is 0 Å². The number of nitrogens with one attached hydrogen (secondary N) is 1. The average Bonchev–Trinajstić information content (AvgIpc) is 3.00. The quantitative estimate of drug-likeness (QED) is 0.422. The number of hydrogen-bond donors (Lipinski definition) is 2. The molecule has 0 radical (unpaired) electrons. The second kappa shape index (κ2) is 8.49. The Morgan fingerprint density at radius 2 is 2.08 bits per heavy atom. The number of aliphatic carboxylic acids is 1. The van der Waals surface area contributed by atoms with Gasteiger partial charge < -0.3 is 19.9 Å². The number of carbonyl (C=O) groups is 3. The van der Waals surface area contributed by atoms with Crippen LogP contribution in [0.2, 0.25) is 0 Å². The molecule has 8 nitrogen and oxygen atoms in total. The van der Waals surface area contributed by atoms with Gasteiger partial charge in [-0.25, -0.2) is 14.6 Å². The first-order valence-corrected chi connectivity index (χ1v) is 8.63. The molecule has 0 unspecified atom stereocenters. The van der Waals surface area contributed by atoms with Crippen LogP contribution in [0.1, 0.15) is 0 Å². The number of esters is 2. The van der Waals surface area contributed by atoms with Crippen molar-refractivity contribution >= 4 is 56.9 Å². The average molecular weight is 382 g/mol. The second-order valence-electron chi connectivity index (χ2n) is 4.54. The molecule has 0 aliphatic carbocycles. The van der Waals surface area contributed by atoms with Crippen LogP contribution >= 0.6 is 23.1 Å². The zero-order chi connectivity index (χ0) is 18.4. The molecule has 0 aliphatic rings. The number of thioether (sulfide) groups is 1. The van der Waals surface area contributed by atoms with Gasteiger partial charge in [0.25, 0.3) is 0 Å². The number of carboxylic acids is 1. The van der Waals surface area contributed by atoms with Gasteiger partial charge in [0.05, 0.1) is 36.3 Å². The highest BCUT2D eigenvalue weighted by Gasteiger charge is 2.14. The largest absolute Gasteiger partial charge is 0.481 e. The Morgan fingerprint density at radius 1 is 1.32 bits per heavy atom. The number of carboxylic acid groups (broad SMARTS) is 1. The van der Waals surface area contributed by atoms with E-state index in [9.17, 15) is 14.4 Å². The van der Waals surface area contributed by atoms with Crippen molar-refractivity contribution in [2.75, 3.05) is 25.3 Å². The molecular formula is C15H14N2O6S2. The Kier molecular flexibility index (Phi) is 6.37. The summed E-state index contributed by atoms with van der Waals surface area (Å²) in [5.41, 5.74) is 1.19. The predicted molar refractivity (Wildman–Crippen MR) is 93.7 cm³/mol. The molecule has 25 heavy (non-hydrogen) atoms. The fourth-order valence-corrected chi connectivity index (χ4v) is 3.58. The fourth-order valence-electron chi connectivity index (χ4n) is 1.75. The summed E-state index contributed by atoms with van der Waals surface area (Å²) in [6.07, 6.45) is 0.997. The summed E-state index contributed by atoms with van der Waals surface area (Å²) in [4.78, 5) is 38.1. The molecule has 0 fully saturated rings. The lowest BCUT2D eigenvalue weighted by Gasteiger charge is -2.08. The highest BCUT2D eigenvalue weighted by molar-refractivity contribution is 8.01. The van der Waals surface area contributed by atoms with Gasteiger partial charge in [-0.1, -0.05) is 11.8 Å². The highest BCUT2D eigenvalue weighted by Crippen LogP contribution is 2.31. The summed E-state index contributed by atoms with van der Waals surface area (Å²) < 4.78 is 10.6. The Hall–Kier alpha value is -2.59. The summed E-state index contributed by atoms with van der Waals surface area (Å²) in [5, 5.41) is 11.5. The minimum absolute atomic E-state index is 0.0702. The topological polar surface area (TPSA) is 115 Å². The number of anilines is 1. The van der Waals surface area contributed by atoms with E-state index in [1.807, 2.05) is 0 Å². The number of nitrogens with zero attached hydrogens (tertiary/aromatic N) is 1. The van der Waals surface area contributed by atoms with Gasteiger partial charge in [0.15, 0.2) is 4.34 Å². The minimum atomic E-state index is -0.915. The van der Waals surface area contributed by atoms with Gasteiger partial charge in [-0.15, -0.1) is 11.3 Å². The second-order valence-corrected chi connectivity index (χ2v) is 6.80. The number of carbonyl (C=O) groups excluding carboxylic acids is 2. The molecule has 10 heteroatoms. The maximum absolute atomic E-state index is 11.8. The number of hydrogen-bond acceptors (Lipinski definition) is 9. The molecule has 1 aromatic carbocycles. The standard InChI is InChI=1S/C15H14N2O6S2/c1-22-13(20)6-10(14(21)23-2)16-8-3-4-9-11(5-8)25-15(17-9)24-7-12(18)19/h3-6,16H,7H2,1-2H3,(H,18,19)/b10-6+. The minimum Gasteiger partial charge on any atom is -0.481 e. The van der Waals surface area contributed by atoms with Crippen molar-refractivity contribution in [1.29, 1.82) is 0 Å². The lowest BCUT2D eigenvalue weighted by atomic mass is 10.2. The molecule has 1 aromatic heterocycles. The van der Waals surface area contributed by atoms with Crippen LogP contribution in [-0.2, 0) is 23.9 Å². The van der Waals surface area contributed by atoms with Gasteiger partial charge in [0.1, 0.15) is 5.70 Å². The van der Waals surface area contributed by atoms with Crippen molar-refractivity contribution in [3.05, 3.63) is 30.0 Å². The van der Waals surface area contributed by atoms with Gasteiger partial charge in [-0.3, -0.25) is 4.79 Å². The SMILES string of the molecule is COC(=O)/C=C(/Nc1ccc2nc(SCC(=O)O)sc2c1)C(=O)OC. The molecule has 0 atom stereocenters. The maximum atomic E-state index is 11.8. The number of aromatic nitrogens is 1. The van der Waals surface area contributed by atoms with Gasteiger partial charge in [-0.05, 0) is 18.2 Å². The number of benzene rings is 1. The van der Waals surface area contributed by atoms with Crippen LogP contribution < -0.4 is 5.32 Å². The van der Waals surface area contributed by atoms with Gasteiger partial charge in [-0.2, -0.15) is 0 Å². The smallest absolute Gasteiger partial charge is 0.354 e. The fraction of sp³-hybridized carbons (Fsp3) is 0.200. The van der Waals surface area contributed by atoms with Crippen LogP contribution in [0.15, 0.2) is 34.3 Å². The first kappa shape index (κ1) is 18.7. The monoisotopic (exact) mass is 382 g/mol. The normalized spacial score (nSPS) is 11.2. The van der Waals surface area contributed by atoms with Crippen LogP contribution in [0, 0.1) is 0 Å². The number of rotatable bonds is 7. The summed E-state index contributed by atoms with van der Waals surface area (Å²) >= 11 is 2.47. The zero-order valence-electron chi connectivity index (χ0n) is 13.3. The third kappa shape index (κ3) is 5.19. The van der Waals surface area contributed by atoms with E-state index in [1.54, 1.807) is 18.2 Å². The molecule has 2 aromatic rings. The maximum Gasteiger partial charge on any atom is 0.354 e. The van der Waals surface area contributed by atoms with E-state index in [4.69, 9.17) is 5.11 Å². The van der Waals surface area contributed by atoms with Gasteiger partial charge in [0, 0.05) is 5.69 Å². The molecule has 0 saturated heterocycles. The van der Waals surface area contributed by atoms with Crippen LogP contribution in [0.5, 0.6) is 0 Å². The van der Waals surface area contributed by atoms with Crippen LogP contribution in [-0.4, -0.2) is 48.0 Å². The van der Waals surface area contributed by atoms with E-state index in [1.165, 1.54) is 25.6 Å². The molecular weight excluding hydrogens is 368 g/mol. The van der Waals surface area contributed by atoms with E-state index in [0.29, 0.717) is 15.5 Å². The zero-order valence-corrected chi connectivity index (χ0v) is 14.9.